The van der Waals surface area contributed by atoms with Crippen molar-refractivity contribution < 1.29 is 14.6 Å². The molecule has 1 saturated heterocycles. The first-order chi connectivity index (χ1) is 16.7. The summed E-state index contributed by atoms with van der Waals surface area (Å²) in [7, 11) is 0. The molecular formula is C27H29N5O3. The van der Waals surface area contributed by atoms with Gasteiger partial charge in [0.2, 0.25) is 0 Å². The van der Waals surface area contributed by atoms with Gasteiger partial charge < -0.3 is 25.0 Å². The van der Waals surface area contributed by atoms with E-state index in [-0.39, 0.29) is 17.5 Å². The molecule has 3 heterocycles. The van der Waals surface area contributed by atoms with Gasteiger partial charge in [-0.05, 0) is 41.7 Å². The predicted molar refractivity (Wildman–Crippen MR) is 136 cm³/mol. The van der Waals surface area contributed by atoms with E-state index >= 15 is 0 Å². The lowest BCUT2D eigenvalue weighted by molar-refractivity contribution is 0.0932. The van der Waals surface area contributed by atoms with Crippen LogP contribution in [0.25, 0.3) is 22.2 Å². The Bertz CT molecular complexity index is 1360. The second kappa shape index (κ2) is 8.61. The summed E-state index contributed by atoms with van der Waals surface area (Å²) in [4.78, 5) is 22.4. The van der Waals surface area contributed by atoms with Gasteiger partial charge in [0, 0.05) is 18.3 Å². The molecule has 0 aliphatic carbocycles. The van der Waals surface area contributed by atoms with E-state index in [1.807, 2.05) is 60.8 Å². The van der Waals surface area contributed by atoms with Crippen LogP contribution in [-0.2, 0) is 0 Å². The summed E-state index contributed by atoms with van der Waals surface area (Å²) in [6.07, 6.45) is 3.31. The van der Waals surface area contributed by atoms with Crippen LogP contribution in [0.3, 0.4) is 0 Å². The minimum absolute atomic E-state index is 0.0719. The average Bonchev–Trinajstić information content (AvgIpc) is 3.43. The highest BCUT2D eigenvalue weighted by Crippen LogP contribution is 2.43. The van der Waals surface area contributed by atoms with Crippen LogP contribution in [0.2, 0.25) is 0 Å². The lowest BCUT2D eigenvalue weighted by Gasteiger charge is -2.37. The smallest absolute Gasteiger partial charge is 0.407 e. The van der Waals surface area contributed by atoms with E-state index in [1.54, 1.807) is 4.90 Å². The number of carboxylic acid groups (broad SMARTS) is 1. The molecule has 2 aromatic carbocycles. The van der Waals surface area contributed by atoms with E-state index in [9.17, 15) is 9.90 Å². The van der Waals surface area contributed by atoms with Crippen molar-refractivity contribution in [1.29, 1.82) is 0 Å². The van der Waals surface area contributed by atoms with E-state index in [0.29, 0.717) is 24.4 Å². The van der Waals surface area contributed by atoms with Crippen LogP contribution in [0.5, 0.6) is 11.5 Å². The molecule has 2 unspecified atom stereocenters. The van der Waals surface area contributed by atoms with E-state index in [4.69, 9.17) is 10.5 Å². The zero-order valence-corrected chi connectivity index (χ0v) is 20.0. The number of benzene rings is 2. The highest BCUT2D eigenvalue weighted by Gasteiger charge is 2.45. The van der Waals surface area contributed by atoms with E-state index in [1.165, 1.54) is 6.33 Å². The fourth-order valence-corrected chi connectivity index (χ4v) is 5.23. The molecule has 8 heteroatoms. The topological polar surface area (TPSA) is 107 Å². The number of nitrogens with zero attached hydrogens (tertiary/aromatic N) is 4. The number of nitrogens with two attached hydrogens (primary N) is 1. The number of hydrogen-bond acceptors (Lipinski definition) is 5. The Labute approximate surface area is 204 Å². The van der Waals surface area contributed by atoms with Gasteiger partial charge in [0.25, 0.3) is 0 Å². The second-order valence-electron chi connectivity index (χ2n) is 9.99. The van der Waals surface area contributed by atoms with Gasteiger partial charge in [-0.2, -0.15) is 0 Å². The maximum Gasteiger partial charge on any atom is 0.407 e. The number of carbonyl (C=O) groups is 1. The number of anilines is 1. The van der Waals surface area contributed by atoms with Crippen molar-refractivity contribution in [1.82, 2.24) is 19.4 Å². The molecule has 1 aliphatic rings. The lowest BCUT2D eigenvalue weighted by atomic mass is 9.82. The van der Waals surface area contributed by atoms with Crippen molar-refractivity contribution in [2.75, 3.05) is 12.3 Å². The van der Waals surface area contributed by atoms with Gasteiger partial charge in [-0.25, -0.2) is 14.8 Å². The molecule has 2 aromatic heterocycles. The zero-order chi connectivity index (χ0) is 24.7. The molecule has 4 aromatic rings. The first-order valence-electron chi connectivity index (χ1n) is 11.7. The van der Waals surface area contributed by atoms with E-state index in [2.05, 4.69) is 35.3 Å². The molecule has 5 rings (SSSR count). The highest BCUT2D eigenvalue weighted by atomic mass is 16.5. The fraction of sp³-hybridized carbons (Fsp3) is 0.296. The van der Waals surface area contributed by atoms with Crippen LogP contribution < -0.4 is 10.5 Å². The molecule has 35 heavy (non-hydrogen) atoms. The van der Waals surface area contributed by atoms with Gasteiger partial charge in [0.15, 0.2) is 0 Å². The van der Waals surface area contributed by atoms with Gasteiger partial charge in [-0.1, -0.05) is 51.1 Å². The van der Waals surface area contributed by atoms with Gasteiger partial charge in [-0.15, -0.1) is 0 Å². The van der Waals surface area contributed by atoms with Crippen molar-refractivity contribution in [2.24, 2.45) is 5.41 Å². The predicted octanol–water partition coefficient (Wildman–Crippen LogP) is 5.81. The SMILES string of the molecule is CC(C)(C)C1C(n2cc(-c3ccc(Oc4ccccc4)cc3)c3c(N)ncnc32)CCN1C(=O)O. The third-order valence-corrected chi connectivity index (χ3v) is 6.64. The lowest BCUT2D eigenvalue weighted by Crippen LogP contribution is -2.45. The largest absolute Gasteiger partial charge is 0.465 e. The summed E-state index contributed by atoms with van der Waals surface area (Å²) < 4.78 is 8.03. The van der Waals surface area contributed by atoms with Crippen LogP contribution in [0.15, 0.2) is 67.1 Å². The van der Waals surface area contributed by atoms with E-state index in [0.717, 1.165) is 28.0 Å². The average molecular weight is 472 g/mol. The molecule has 1 fully saturated rings. The normalized spacial score (nSPS) is 18.2. The van der Waals surface area contributed by atoms with Crippen LogP contribution in [0, 0.1) is 5.41 Å². The minimum atomic E-state index is -0.896. The van der Waals surface area contributed by atoms with E-state index < -0.39 is 6.09 Å². The highest BCUT2D eigenvalue weighted by molar-refractivity contribution is 6.00. The molecule has 0 saturated carbocycles. The monoisotopic (exact) mass is 471 g/mol. The summed E-state index contributed by atoms with van der Waals surface area (Å²) in [6.45, 7) is 6.71. The molecule has 1 aliphatic heterocycles. The number of hydrogen-bond donors (Lipinski definition) is 2. The zero-order valence-electron chi connectivity index (χ0n) is 20.0. The van der Waals surface area contributed by atoms with Crippen molar-refractivity contribution in [2.45, 2.75) is 39.3 Å². The Hall–Kier alpha value is -4.07. The Morgan fingerprint density at radius 3 is 2.40 bits per heavy atom. The minimum Gasteiger partial charge on any atom is -0.465 e. The molecule has 3 N–H and O–H groups in total. The Balaban J connectivity index is 1.57. The van der Waals surface area contributed by atoms with Gasteiger partial charge >= 0.3 is 6.09 Å². The van der Waals surface area contributed by atoms with Crippen LogP contribution in [0.4, 0.5) is 10.6 Å². The molecule has 0 spiro atoms. The number of fused-ring (bicyclic) bond motifs is 1. The summed E-state index contributed by atoms with van der Waals surface area (Å²) in [5.74, 6) is 1.90. The molecule has 1 amide bonds. The number of nitrogen functional groups attached to an aromatic ring is 1. The first kappa shape index (κ1) is 22.7. The third kappa shape index (κ3) is 4.16. The summed E-state index contributed by atoms with van der Waals surface area (Å²) in [5, 5.41) is 10.6. The first-order valence-corrected chi connectivity index (χ1v) is 11.7. The maximum absolute atomic E-state index is 12.0. The number of ether oxygens (including phenoxy) is 1. The number of aromatic nitrogens is 3. The van der Waals surface area contributed by atoms with Crippen LogP contribution >= 0.6 is 0 Å². The molecule has 0 radical (unpaired) electrons. The molecule has 2 atom stereocenters. The molecule has 0 bridgehead atoms. The maximum atomic E-state index is 12.0. The van der Waals surface area contributed by atoms with Gasteiger partial charge in [0.05, 0.1) is 17.5 Å². The number of para-hydroxylation sites is 1. The van der Waals surface area contributed by atoms with Crippen LogP contribution in [-0.4, -0.2) is 43.2 Å². The number of amides is 1. The number of likely N-dealkylation sites (tertiary alicyclic amines) is 1. The van der Waals surface area contributed by atoms with Gasteiger partial charge in [-0.3, -0.25) is 0 Å². The van der Waals surface area contributed by atoms with Crippen molar-refractivity contribution in [3.8, 4) is 22.6 Å². The fourth-order valence-electron chi connectivity index (χ4n) is 5.23. The molecule has 180 valence electrons. The second-order valence-corrected chi connectivity index (χ2v) is 9.99. The van der Waals surface area contributed by atoms with Gasteiger partial charge in [0.1, 0.15) is 29.3 Å². The Morgan fingerprint density at radius 2 is 1.74 bits per heavy atom. The van der Waals surface area contributed by atoms with Crippen molar-refractivity contribution >= 4 is 22.9 Å². The van der Waals surface area contributed by atoms with Crippen LogP contribution in [0.1, 0.15) is 33.2 Å². The number of rotatable bonds is 4. The summed E-state index contributed by atoms with van der Waals surface area (Å²) >= 11 is 0. The molecule has 8 nitrogen and oxygen atoms in total. The van der Waals surface area contributed by atoms with Crippen molar-refractivity contribution in [3.05, 3.63) is 67.1 Å². The molecular weight excluding hydrogens is 442 g/mol. The standard InChI is InChI=1S/C27H29N5O3/c1-27(2,3)23-21(13-14-31(23)26(33)34)32-15-20(22-24(28)29-16-30-25(22)32)17-9-11-19(12-10-17)35-18-7-5-4-6-8-18/h4-12,15-16,21,23H,13-14H2,1-3H3,(H,33,34)(H2,28,29,30). The summed E-state index contributed by atoms with van der Waals surface area (Å²) in [6, 6.07) is 17.2. The van der Waals surface area contributed by atoms with Crippen molar-refractivity contribution in [3.63, 3.8) is 0 Å². The Kier molecular flexibility index (Phi) is 5.59. The summed E-state index contributed by atoms with van der Waals surface area (Å²) in [5.41, 5.74) is 8.66. The quantitative estimate of drug-likeness (QED) is 0.389. The third-order valence-electron chi connectivity index (χ3n) is 6.64. The Morgan fingerprint density at radius 1 is 1.06 bits per heavy atom.